The largest absolute Gasteiger partial charge is 0.331 e. The maximum absolute atomic E-state index is 12.3. The van der Waals surface area contributed by atoms with Crippen LogP contribution in [-0.2, 0) is 9.59 Å². The van der Waals surface area contributed by atoms with Gasteiger partial charge in [-0.05, 0) is 31.2 Å². The van der Waals surface area contributed by atoms with Crippen LogP contribution in [0.15, 0.2) is 17.5 Å². The van der Waals surface area contributed by atoms with Crippen molar-refractivity contribution in [2.45, 2.75) is 25.8 Å². The molecule has 1 aromatic rings. The first kappa shape index (κ1) is 11.4. The summed E-state index contributed by atoms with van der Waals surface area (Å²) in [6.07, 6.45) is 1.08. The molecule has 1 saturated heterocycles. The fourth-order valence-corrected chi connectivity index (χ4v) is 3.04. The van der Waals surface area contributed by atoms with Crippen LogP contribution in [0.25, 0.3) is 0 Å². The van der Waals surface area contributed by atoms with Gasteiger partial charge < -0.3 is 0 Å². The molecule has 0 bridgehead atoms. The van der Waals surface area contributed by atoms with Crippen LogP contribution in [0.1, 0.15) is 30.7 Å². The number of nitrogens with zero attached hydrogens (tertiary/aromatic N) is 1. The molecule has 6 heteroatoms. The van der Waals surface area contributed by atoms with Crippen LogP contribution in [0.3, 0.4) is 0 Å². The Bertz CT molecular complexity index is 534. The zero-order chi connectivity index (χ0) is 12.9. The highest BCUT2D eigenvalue weighted by atomic mass is 32.1. The van der Waals surface area contributed by atoms with Crippen LogP contribution < -0.4 is 5.32 Å². The number of nitrogens with one attached hydrogen (secondary N) is 1. The van der Waals surface area contributed by atoms with E-state index in [4.69, 9.17) is 0 Å². The molecular weight excluding hydrogens is 252 g/mol. The minimum absolute atomic E-state index is 0.330. The molecule has 2 aliphatic rings. The van der Waals surface area contributed by atoms with E-state index in [9.17, 15) is 14.4 Å². The number of amides is 4. The monoisotopic (exact) mass is 264 g/mol. The Morgan fingerprint density at radius 2 is 2.11 bits per heavy atom. The smallest absolute Gasteiger partial charge is 0.277 e. The average Bonchev–Trinajstić information content (AvgIpc) is 2.95. The SMILES string of the molecule is CC(c1cccs1)N1C(=O)NC(=O)C2(CC2)C1=O. The van der Waals surface area contributed by atoms with Crippen LogP contribution in [0.5, 0.6) is 0 Å². The summed E-state index contributed by atoms with van der Waals surface area (Å²) in [5.74, 6) is -0.788. The lowest BCUT2D eigenvalue weighted by molar-refractivity contribution is -0.146. The zero-order valence-corrected chi connectivity index (χ0v) is 10.6. The zero-order valence-electron chi connectivity index (χ0n) is 9.80. The van der Waals surface area contributed by atoms with Crippen molar-refractivity contribution in [1.82, 2.24) is 10.2 Å². The lowest BCUT2D eigenvalue weighted by atomic mass is 10.0. The lowest BCUT2D eigenvalue weighted by Gasteiger charge is -2.33. The Kier molecular flexibility index (Phi) is 2.31. The van der Waals surface area contributed by atoms with Crippen LogP contribution in [0.4, 0.5) is 4.79 Å². The maximum Gasteiger partial charge on any atom is 0.331 e. The lowest BCUT2D eigenvalue weighted by Crippen LogP contribution is -2.59. The van der Waals surface area contributed by atoms with E-state index in [1.807, 2.05) is 17.5 Å². The Morgan fingerprint density at radius 1 is 1.39 bits per heavy atom. The van der Waals surface area contributed by atoms with E-state index in [1.165, 1.54) is 16.2 Å². The fraction of sp³-hybridized carbons (Fsp3) is 0.417. The molecule has 1 aromatic heterocycles. The van der Waals surface area contributed by atoms with Crippen LogP contribution in [0, 0.1) is 5.41 Å². The molecule has 1 aliphatic carbocycles. The second-order valence-corrected chi connectivity index (χ2v) is 5.69. The summed E-state index contributed by atoms with van der Waals surface area (Å²) in [5.41, 5.74) is -0.959. The summed E-state index contributed by atoms with van der Waals surface area (Å²) < 4.78 is 0. The Labute approximate surface area is 108 Å². The molecule has 1 saturated carbocycles. The van der Waals surface area contributed by atoms with Crippen LogP contribution in [0.2, 0.25) is 0 Å². The third kappa shape index (κ3) is 1.42. The van der Waals surface area contributed by atoms with Gasteiger partial charge in [0.05, 0.1) is 6.04 Å². The van der Waals surface area contributed by atoms with Gasteiger partial charge >= 0.3 is 6.03 Å². The number of barbiturate groups is 1. The molecule has 1 N–H and O–H groups in total. The number of carbonyl (C=O) groups excluding carboxylic acids is 3. The van der Waals surface area contributed by atoms with E-state index in [0.29, 0.717) is 12.8 Å². The molecule has 5 nitrogen and oxygen atoms in total. The summed E-state index contributed by atoms with van der Waals surface area (Å²) in [7, 11) is 0. The van der Waals surface area contributed by atoms with Crippen molar-refractivity contribution in [2.24, 2.45) is 5.41 Å². The normalized spacial score (nSPS) is 23.2. The number of urea groups is 1. The van der Waals surface area contributed by atoms with E-state index in [1.54, 1.807) is 6.92 Å². The second-order valence-electron chi connectivity index (χ2n) is 4.71. The summed E-state index contributed by atoms with van der Waals surface area (Å²) >= 11 is 1.49. The minimum Gasteiger partial charge on any atom is -0.277 e. The minimum atomic E-state index is -0.959. The molecule has 1 unspecified atom stereocenters. The van der Waals surface area contributed by atoms with Gasteiger partial charge in [0.15, 0.2) is 0 Å². The number of hydrogen-bond acceptors (Lipinski definition) is 4. The van der Waals surface area contributed by atoms with E-state index in [0.717, 1.165) is 4.88 Å². The Morgan fingerprint density at radius 3 is 2.67 bits per heavy atom. The first-order chi connectivity index (χ1) is 8.56. The third-order valence-corrected chi connectivity index (χ3v) is 4.64. The topological polar surface area (TPSA) is 66.5 Å². The maximum atomic E-state index is 12.3. The van der Waals surface area contributed by atoms with Gasteiger partial charge in [-0.2, -0.15) is 0 Å². The highest BCUT2D eigenvalue weighted by molar-refractivity contribution is 7.10. The van der Waals surface area contributed by atoms with E-state index < -0.39 is 17.4 Å². The predicted octanol–water partition coefficient (Wildman–Crippen LogP) is 1.67. The Balaban J connectivity index is 1.94. The number of thiophene rings is 1. The molecule has 4 amide bonds. The van der Waals surface area contributed by atoms with Crippen molar-refractivity contribution in [3.63, 3.8) is 0 Å². The number of imide groups is 2. The quantitative estimate of drug-likeness (QED) is 0.826. The highest BCUT2D eigenvalue weighted by Crippen LogP contribution is 2.50. The second kappa shape index (κ2) is 3.65. The van der Waals surface area contributed by atoms with Gasteiger partial charge in [0.1, 0.15) is 5.41 Å². The molecule has 94 valence electrons. The molecule has 2 heterocycles. The fourth-order valence-electron chi connectivity index (χ4n) is 2.27. The third-order valence-electron chi connectivity index (χ3n) is 3.59. The predicted molar refractivity (Wildman–Crippen MR) is 64.8 cm³/mol. The van der Waals surface area contributed by atoms with Crippen LogP contribution in [-0.4, -0.2) is 22.7 Å². The number of hydrogen-bond donors (Lipinski definition) is 1. The summed E-state index contributed by atoms with van der Waals surface area (Å²) in [4.78, 5) is 38.0. The molecule has 1 spiro atoms. The van der Waals surface area contributed by atoms with Crippen molar-refractivity contribution in [3.05, 3.63) is 22.4 Å². The van der Waals surface area contributed by atoms with Gasteiger partial charge in [-0.25, -0.2) is 4.79 Å². The number of rotatable bonds is 2. The average molecular weight is 264 g/mol. The van der Waals surface area contributed by atoms with Gasteiger partial charge in [0.2, 0.25) is 11.8 Å². The van der Waals surface area contributed by atoms with Gasteiger partial charge in [0, 0.05) is 4.88 Å². The van der Waals surface area contributed by atoms with Crippen molar-refractivity contribution in [3.8, 4) is 0 Å². The summed E-state index contributed by atoms with van der Waals surface area (Å²) in [6, 6.07) is 2.82. The molecule has 0 radical (unpaired) electrons. The standard InChI is InChI=1S/C12H12N2O3S/c1-7(8-3-2-6-18-8)14-10(16)12(4-5-12)9(15)13-11(14)17/h2-3,6-7H,4-5H2,1H3,(H,13,15,17). The molecule has 3 rings (SSSR count). The number of carbonyl (C=O) groups is 3. The van der Waals surface area contributed by atoms with E-state index >= 15 is 0 Å². The van der Waals surface area contributed by atoms with Crippen molar-refractivity contribution in [2.75, 3.05) is 0 Å². The molecule has 1 aliphatic heterocycles. The molecule has 1 atom stereocenters. The van der Waals surface area contributed by atoms with Crippen molar-refractivity contribution in [1.29, 1.82) is 0 Å². The highest BCUT2D eigenvalue weighted by Gasteiger charge is 2.62. The molecule has 18 heavy (non-hydrogen) atoms. The van der Waals surface area contributed by atoms with Crippen molar-refractivity contribution < 1.29 is 14.4 Å². The summed E-state index contributed by atoms with van der Waals surface area (Å²) in [6.45, 7) is 1.80. The van der Waals surface area contributed by atoms with E-state index in [-0.39, 0.29) is 11.9 Å². The molecular formula is C12H12N2O3S. The van der Waals surface area contributed by atoms with Gasteiger partial charge in [-0.15, -0.1) is 11.3 Å². The van der Waals surface area contributed by atoms with Gasteiger partial charge in [0.25, 0.3) is 0 Å². The first-order valence-corrected chi connectivity index (χ1v) is 6.67. The molecule has 2 fully saturated rings. The van der Waals surface area contributed by atoms with Crippen LogP contribution >= 0.6 is 11.3 Å². The van der Waals surface area contributed by atoms with Crippen molar-refractivity contribution >= 4 is 29.2 Å². The van der Waals surface area contributed by atoms with E-state index in [2.05, 4.69) is 5.32 Å². The Hall–Kier alpha value is -1.69. The summed E-state index contributed by atoms with van der Waals surface area (Å²) in [5, 5.41) is 4.19. The first-order valence-electron chi connectivity index (χ1n) is 5.79. The molecule has 0 aromatic carbocycles. The van der Waals surface area contributed by atoms with Gasteiger partial charge in [-0.3, -0.25) is 19.8 Å². The van der Waals surface area contributed by atoms with Gasteiger partial charge in [-0.1, -0.05) is 6.07 Å².